The number of ether oxygens (including phenoxy) is 1. The molecule has 3 heterocycles. The third-order valence-electron chi connectivity index (χ3n) is 4.53. The molecule has 0 bridgehead atoms. The van der Waals surface area contributed by atoms with Gasteiger partial charge in [0.15, 0.2) is 4.80 Å². The zero-order valence-corrected chi connectivity index (χ0v) is 16.5. The summed E-state index contributed by atoms with van der Waals surface area (Å²) < 4.78 is 26.9. The van der Waals surface area contributed by atoms with Gasteiger partial charge in [0.1, 0.15) is 17.6 Å². The van der Waals surface area contributed by atoms with Gasteiger partial charge in [-0.3, -0.25) is 9.36 Å². The van der Waals surface area contributed by atoms with Crippen molar-refractivity contribution in [1.29, 1.82) is 0 Å². The topological polar surface area (TPSA) is 73.8 Å². The predicted molar refractivity (Wildman–Crippen MR) is 106 cm³/mol. The molecule has 0 N–H and O–H groups in total. The van der Waals surface area contributed by atoms with E-state index >= 15 is 0 Å². The molecule has 0 aliphatic carbocycles. The highest BCUT2D eigenvalue weighted by Gasteiger charge is 2.34. The fourth-order valence-corrected chi connectivity index (χ4v) is 4.31. The summed E-state index contributed by atoms with van der Waals surface area (Å²) in [5.41, 5.74) is 0.361. The lowest BCUT2D eigenvalue weighted by Gasteiger charge is -2.24. The minimum Gasteiger partial charge on any atom is -0.465 e. The summed E-state index contributed by atoms with van der Waals surface area (Å²) in [6.07, 6.45) is 3.11. The minimum absolute atomic E-state index is 0.147. The molecule has 29 heavy (non-hydrogen) atoms. The summed E-state index contributed by atoms with van der Waals surface area (Å²) in [4.78, 5) is 30.7. The van der Waals surface area contributed by atoms with E-state index in [-0.39, 0.29) is 23.3 Å². The van der Waals surface area contributed by atoms with Crippen molar-refractivity contribution < 1.29 is 18.3 Å². The minimum atomic E-state index is -0.967. The number of nitrogens with zero attached hydrogens (tertiary/aromatic N) is 2. The Labute approximate surface area is 168 Å². The Bertz CT molecular complexity index is 1280. The highest BCUT2D eigenvalue weighted by atomic mass is 32.1. The van der Waals surface area contributed by atoms with Gasteiger partial charge in [-0.1, -0.05) is 29.5 Å². The van der Waals surface area contributed by atoms with E-state index in [9.17, 15) is 14.0 Å². The van der Waals surface area contributed by atoms with Gasteiger partial charge in [-0.2, -0.15) is 0 Å². The van der Waals surface area contributed by atoms with Gasteiger partial charge in [0.25, 0.3) is 5.56 Å². The van der Waals surface area contributed by atoms with Gasteiger partial charge >= 0.3 is 5.97 Å². The predicted octanol–water partition coefficient (Wildman–Crippen LogP) is 2.53. The molecule has 0 unspecified atom stereocenters. The first-order valence-corrected chi connectivity index (χ1v) is 9.80. The number of carbonyl (C=O) groups excluding carboxylic acids is 1. The van der Waals surface area contributed by atoms with Crippen molar-refractivity contribution in [2.24, 2.45) is 4.99 Å². The second-order valence-electron chi connectivity index (χ2n) is 6.34. The van der Waals surface area contributed by atoms with Crippen molar-refractivity contribution in [3.63, 3.8) is 0 Å². The summed E-state index contributed by atoms with van der Waals surface area (Å²) >= 11 is 1.15. The monoisotopic (exact) mass is 412 g/mol. The van der Waals surface area contributed by atoms with E-state index in [0.29, 0.717) is 20.8 Å². The highest BCUT2D eigenvalue weighted by Crippen LogP contribution is 2.32. The molecule has 0 saturated carbocycles. The number of allylic oxidation sites excluding steroid dienone is 1. The number of benzene rings is 1. The Morgan fingerprint density at radius 3 is 2.83 bits per heavy atom. The molecule has 6 nitrogen and oxygen atoms in total. The van der Waals surface area contributed by atoms with Crippen LogP contribution in [0.1, 0.15) is 31.2 Å². The van der Waals surface area contributed by atoms with Crippen molar-refractivity contribution in [2.45, 2.75) is 19.9 Å². The van der Waals surface area contributed by atoms with Crippen LogP contribution >= 0.6 is 11.3 Å². The number of aromatic nitrogens is 1. The summed E-state index contributed by atoms with van der Waals surface area (Å²) in [6.45, 7) is 3.50. The maximum Gasteiger partial charge on any atom is 0.338 e. The Kier molecular flexibility index (Phi) is 5.02. The molecule has 0 spiro atoms. The SMILES string of the molecule is CCOC(=O)C1=C(C)N=c2s/c(=C/c3ccco3)c(=O)n2[C@@H]1c1ccccc1F. The van der Waals surface area contributed by atoms with Gasteiger partial charge < -0.3 is 9.15 Å². The van der Waals surface area contributed by atoms with E-state index in [1.807, 2.05) is 0 Å². The van der Waals surface area contributed by atoms with Crippen molar-refractivity contribution in [3.05, 3.63) is 90.8 Å². The Balaban J connectivity index is 2.00. The van der Waals surface area contributed by atoms with Crippen LogP contribution < -0.4 is 14.9 Å². The quantitative estimate of drug-likeness (QED) is 0.618. The third kappa shape index (κ3) is 3.36. The standard InChI is InChI=1S/C21H17FN2O4S/c1-3-27-20(26)17-12(2)23-21-24(18(17)14-8-4-5-9-15(14)22)19(25)16(29-21)11-13-7-6-10-28-13/h4-11,18H,3H2,1-2H3/b16-11+/t18-/m1/s1. The van der Waals surface area contributed by atoms with Crippen LogP contribution in [0.5, 0.6) is 0 Å². The second kappa shape index (κ2) is 7.63. The van der Waals surface area contributed by atoms with Crippen LogP contribution in [0.2, 0.25) is 0 Å². The summed E-state index contributed by atoms with van der Waals surface area (Å²) in [7, 11) is 0. The van der Waals surface area contributed by atoms with Gasteiger partial charge in [-0.05, 0) is 32.0 Å². The number of halogens is 1. The van der Waals surface area contributed by atoms with Crippen LogP contribution in [0, 0.1) is 5.82 Å². The molecule has 1 aliphatic heterocycles. The second-order valence-corrected chi connectivity index (χ2v) is 7.35. The van der Waals surface area contributed by atoms with Gasteiger partial charge in [-0.25, -0.2) is 14.2 Å². The van der Waals surface area contributed by atoms with Crippen LogP contribution in [0.4, 0.5) is 4.39 Å². The maximum absolute atomic E-state index is 14.7. The fraction of sp³-hybridized carbons (Fsp3) is 0.190. The molecule has 0 saturated heterocycles. The summed E-state index contributed by atoms with van der Waals surface area (Å²) in [5.74, 6) is -0.629. The number of rotatable bonds is 4. The number of furan rings is 1. The van der Waals surface area contributed by atoms with Crippen LogP contribution in [0.15, 0.2) is 68.1 Å². The molecule has 2 aromatic heterocycles. The molecular formula is C21H17FN2O4S. The lowest BCUT2D eigenvalue weighted by molar-refractivity contribution is -0.139. The normalized spacial score (nSPS) is 16.5. The molecule has 4 rings (SSSR count). The number of fused-ring (bicyclic) bond motifs is 1. The maximum atomic E-state index is 14.7. The number of esters is 1. The molecule has 148 valence electrons. The van der Waals surface area contributed by atoms with E-state index < -0.39 is 17.8 Å². The molecule has 1 aromatic carbocycles. The Morgan fingerprint density at radius 1 is 1.34 bits per heavy atom. The van der Waals surface area contributed by atoms with Crippen molar-refractivity contribution >= 4 is 23.4 Å². The largest absolute Gasteiger partial charge is 0.465 e. The third-order valence-corrected chi connectivity index (χ3v) is 5.52. The van der Waals surface area contributed by atoms with E-state index in [1.54, 1.807) is 50.3 Å². The van der Waals surface area contributed by atoms with Crippen LogP contribution in [0.25, 0.3) is 6.08 Å². The number of carbonyl (C=O) groups is 1. The molecule has 8 heteroatoms. The first-order valence-electron chi connectivity index (χ1n) is 8.99. The van der Waals surface area contributed by atoms with Gasteiger partial charge in [0, 0.05) is 11.6 Å². The zero-order valence-electron chi connectivity index (χ0n) is 15.7. The molecule has 1 aliphatic rings. The van der Waals surface area contributed by atoms with E-state index in [2.05, 4.69) is 4.99 Å². The van der Waals surface area contributed by atoms with E-state index in [0.717, 1.165) is 11.3 Å². The highest BCUT2D eigenvalue weighted by molar-refractivity contribution is 7.07. The van der Waals surface area contributed by atoms with Gasteiger partial charge in [0.05, 0.1) is 28.7 Å². The van der Waals surface area contributed by atoms with Gasteiger partial charge in [0.2, 0.25) is 0 Å². The lowest BCUT2D eigenvalue weighted by atomic mass is 9.95. The average Bonchev–Trinajstić information content (AvgIpc) is 3.30. The summed E-state index contributed by atoms with van der Waals surface area (Å²) in [6, 6.07) is 8.55. The van der Waals surface area contributed by atoms with Crippen molar-refractivity contribution in [1.82, 2.24) is 4.57 Å². The Hall–Kier alpha value is -3.26. The van der Waals surface area contributed by atoms with E-state index in [1.165, 1.54) is 16.9 Å². The van der Waals surface area contributed by atoms with Gasteiger partial charge in [-0.15, -0.1) is 0 Å². The number of thiazole rings is 1. The first kappa shape index (κ1) is 19.1. The number of hydrogen-bond acceptors (Lipinski definition) is 6. The zero-order chi connectivity index (χ0) is 20.5. The van der Waals surface area contributed by atoms with Crippen molar-refractivity contribution in [3.8, 4) is 0 Å². The van der Waals surface area contributed by atoms with Crippen LogP contribution in [-0.2, 0) is 9.53 Å². The van der Waals surface area contributed by atoms with Crippen LogP contribution in [0.3, 0.4) is 0 Å². The molecule has 0 radical (unpaired) electrons. The first-order chi connectivity index (χ1) is 14.0. The molecule has 0 fully saturated rings. The molecule has 3 aromatic rings. The number of hydrogen-bond donors (Lipinski definition) is 0. The van der Waals surface area contributed by atoms with Crippen LogP contribution in [-0.4, -0.2) is 17.1 Å². The van der Waals surface area contributed by atoms with E-state index in [4.69, 9.17) is 9.15 Å². The molecule has 0 amide bonds. The smallest absolute Gasteiger partial charge is 0.338 e. The molecular weight excluding hydrogens is 395 g/mol. The fourth-order valence-electron chi connectivity index (χ4n) is 3.29. The lowest BCUT2D eigenvalue weighted by Crippen LogP contribution is -2.40. The Morgan fingerprint density at radius 2 is 2.14 bits per heavy atom. The van der Waals surface area contributed by atoms with Crippen molar-refractivity contribution in [2.75, 3.05) is 6.61 Å². The molecule has 1 atom stereocenters. The summed E-state index contributed by atoms with van der Waals surface area (Å²) in [5, 5.41) is 0. The average molecular weight is 412 g/mol.